The Morgan fingerprint density at radius 3 is 2.58 bits per heavy atom. The molecule has 0 radical (unpaired) electrons. The van der Waals surface area contributed by atoms with Gasteiger partial charge in [0, 0.05) is 53.6 Å². The number of pyridine rings is 1. The highest BCUT2D eigenvalue weighted by Gasteiger charge is 2.39. The van der Waals surface area contributed by atoms with Crippen LogP contribution in [0.3, 0.4) is 0 Å². The first-order valence-electron chi connectivity index (χ1n) is 13.7. The van der Waals surface area contributed by atoms with Crippen LogP contribution in [0.1, 0.15) is 57.6 Å². The fourth-order valence-corrected chi connectivity index (χ4v) is 5.99. The van der Waals surface area contributed by atoms with Gasteiger partial charge in [0.05, 0.1) is 5.39 Å². The number of fused-ring (bicyclic) bond motifs is 2. The predicted octanol–water partition coefficient (Wildman–Crippen LogP) is 5.21. The Bertz CT molecular complexity index is 1530. The molecule has 1 unspecified atom stereocenters. The number of carbonyl (C=O) groups is 1. The number of carboxylic acid groups (broad SMARTS) is 1. The molecule has 0 saturated carbocycles. The van der Waals surface area contributed by atoms with Gasteiger partial charge in [-0.25, -0.2) is 0 Å². The molecule has 8 heteroatoms. The molecule has 0 fully saturated rings. The third-order valence-electron chi connectivity index (χ3n) is 7.52. The summed E-state index contributed by atoms with van der Waals surface area (Å²) >= 11 is 0. The fraction of sp³-hybridized carbons (Fsp3) is 0.312. The minimum absolute atomic E-state index is 0.0651. The highest BCUT2D eigenvalue weighted by molar-refractivity contribution is 7.58. The van der Waals surface area contributed by atoms with E-state index in [1.807, 2.05) is 30.4 Å². The highest BCUT2D eigenvalue weighted by atomic mass is 31.2. The number of rotatable bonds is 11. The molecular weight excluding hydrogens is 523 g/mol. The number of aromatic nitrogens is 1. The van der Waals surface area contributed by atoms with Crippen LogP contribution in [-0.4, -0.2) is 22.5 Å². The number of para-hydroxylation sites is 1. The van der Waals surface area contributed by atoms with Gasteiger partial charge in [-0.05, 0) is 61.2 Å². The van der Waals surface area contributed by atoms with Crippen LogP contribution in [0.5, 0.6) is 0 Å². The van der Waals surface area contributed by atoms with Crippen molar-refractivity contribution in [2.45, 2.75) is 58.4 Å². The van der Waals surface area contributed by atoms with Gasteiger partial charge in [0.1, 0.15) is 6.54 Å². The standard InChI is InChI=1S/C32H37N2O5P/c1-4-34-29-19-18-25(40(37,38)39)23-27(29)32(2,3)30(34)16-8-5-7-13-24-20-22-33(21-12-6-9-17-31(35)36)28-15-11-10-14-26(24)28/h5,7-8,10-11,13-16,18-20,22-23H,4,6,9,12,17,21H2,1-3H3,(H2-,35,36,37,38,39). The number of hydrogen-bond donors (Lipinski definition) is 2. The molecule has 0 saturated heterocycles. The lowest BCUT2D eigenvalue weighted by atomic mass is 9.83. The molecule has 2 N–H and O–H groups in total. The number of nitrogens with zero attached hydrogens (tertiary/aromatic N) is 2. The van der Waals surface area contributed by atoms with Crippen LogP contribution in [0.2, 0.25) is 0 Å². The third-order valence-corrected chi connectivity index (χ3v) is 8.45. The van der Waals surface area contributed by atoms with Crippen molar-refractivity contribution in [2.75, 3.05) is 11.4 Å². The Hall–Kier alpha value is -3.51. The highest BCUT2D eigenvalue weighted by Crippen LogP contribution is 2.48. The molecule has 0 amide bonds. The van der Waals surface area contributed by atoms with Gasteiger partial charge >= 0.3 is 5.97 Å². The van der Waals surface area contributed by atoms with Gasteiger partial charge in [0.15, 0.2) is 13.8 Å². The van der Waals surface area contributed by atoms with E-state index >= 15 is 0 Å². The Labute approximate surface area is 235 Å². The van der Waals surface area contributed by atoms with Crippen molar-refractivity contribution in [1.82, 2.24) is 0 Å². The van der Waals surface area contributed by atoms with E-state index in [1.54, 1.807) is 12.1 Å². The van der Waals surface area contributed by atoms with Gasteiger partial charge in [-0.2, -0.15) is 4.57 Å². The molecule has 0 bridgehead atoms. The zero-order valence-electron chi connectivity index (χ0n) is 23.3. The smallest absolute Gasteiger partial charge is 0.303 e. The molecule has 210 valence electrons. The predicted molar refractivity (Wildman–Crippen MR) is 158 cm³/mol. The SMILES string of the molecule is CCN1/C(=C/C=C/C=C/c2cc[n+](CCCCCC(=O)O)c3ccccc23)C(C)(C)c2cc(P(=O)([O-])O)ccc21. The van der Waals surface area contributed by atoms with Crippen molar-refractivity contribution in [1.29, 1.82) is 0 Å². The van der Waals surface area contributed by atoms with E-state index in [0.29, 0.717) is 6.42 Å². The number of allylic oxidation sites excluding steroid dienone is 5. The first-order chi connectivity index (χ1) is 19.0. The maximum atomic E-state index is 11.7. The summed E-state index contributed by atoms with van der Waals surface area (Å²) < 4.78 is 14.0. The van der Waals surface area contributed by atoms with Crippen LogP contribution in [0, 0.1) is 0 Å². The van der Waals surface area contributed by atoms with Crippen molar-refractivity contribution >= 4 is 41.5 Å². The molecule has 7 nitrogen and oxygen atoms in total. The summed E-state index contributed by atoms with van der Waals surface area (Å²) in [5.41, 5.74) is 4.70. The molecule has 4 rings (SSSR count). The van der Waals surface area contributed by atoms with Crippen molar-refractivity contribution < 1.29 is 28.8 Å². The van der Waals surface area contributed by atoms with Gasteiger partial charge in [-0.15, -0.1) is 0 Å². The quantitative estimate of drug-likeness (QED) is 0.144. The second-order valence-electron chi connectivity index (χ2n) is 10.6. The van der Waals surface area contributed by atoms with Gasteiger partial charge in [-0.1, -0.05) is 50.3 Å². The Balaban J connectivity index is 1.51. The average Bonchev–Trinajstić information content (AvgIpc) is 3.13. The van der Waals surface area contributed by atoms with Crippen molar-refractivity contribution in [3.05, 3.63) is 95.9 Å². The summed E-state index contributed by atoms with van der Waals surface area (Å²) in [7, 11) is -4.58. The Kier molecular flexibility index (Phi) is 9.09. The first-order valence-corrected chi connectivity index (χ1v) is 15.3. The van der Waals surface area contributed by atoms with Crippen LogP contribution < -0.4 is 19.7 Å². The number of anilines is 1. The normalized spacial score (nSPS) is 17.2. The number of hydrogen-bond acceptors (Lipinski definition) is 4. The zero-order chi connectivity index (χ0) is 28.9. The van der Waals surface area contributed by atoms with E-state index in [4.69, 9.17) is 5.11 Å². The van der Waals surface area contributed by atoms with Gasteiger partial charge in [0.2, 0.25) is 5.52 Å². The van der Waals surface area contributed by atoms with Crippen molar-refractivity contribution in [3.8, 4) is 0 Å². The van der Waals surface area contributed by atoms with Gasteiger partial charge in [-0.3, -0.25) is 4.79 Å². The lowest BCUT2D eigenvalue weighted by Crippen LogP contribution is -2.34. The largest absolute Gasteiger partial charge is 0.775 e. The summed E-state index contributed by atoms with van der Waals surface area (Å²) in [5.74, 6) is -0.742. The number of aliphatic carboxylic acids is 1. The maximum Gasteiger partial charge on any atom is 0.303 e. The topological polar surface area (TPSA) is 105 Å². The number of unbranched alkanes of at least 4 members (excludes halogenated alkanes) is 2. The summed E-state index contributed by atoms with van der Waals surface area (Å²) in [4.78, 5) is 34.2. The molecule has 0 aliphatic carbocycles. The van der Waals surface area contributed by atoms with Crippen molar-refractivity contribution in [2.24, 2.45) is 0 Å². The van der Waals surface area contributed by atoms with E-state index in [0.717, 1.165) is 59.3 Å². The van der Waals surface area contributed by atoms with E-state index in [1.165, 1.54) is 6.07 Å². The number of benzene rings is 2. The van der Waals surface area contributed by atoms with Crippen LogP contribution >= 0.6 is 7.60 Å². The van der Waals surface area contributed by atoms with Crippen molar-refractivity contribution in [3.63, 3.8) is 0 Å². The molecule has 0 spiro atoms. The monoisotopic (exact) mass is 560 g/mol. The second kappa shape index (κ2) is 12.3. The Morgan fingerprint density at radius 1 is 1.07 bits per heavy atom. The molecule has 1 aromatic heterocycles. The average molecular weight is 561 g/mol. The molecule has 3 aromatic rings. The minimum atomic E-state index is -4.58. The summed E-state index contributed by atoms with van der Waals surface area (Å²) in [6.07, 6.45) is 15.0. The van der Waals surface area contributed by atoms with Gasteiger partial charge in [0.25, 0.3) is 0 Å². The van der Waals surface area contributed by atoms with Gasteiger partial charge < -0.3 is 24.4 Å². The first kappa shape index (κ1) is 29.5. The minimum Gasteiger partial charge on any atom is -0.775 e. The molecule has 40 heavy (non-hydrogen) atoms. The van der Waals surface area contributed by atoms with E-state index < -0.39 is 19.0 Å². The van der Waals surface area contributed by atoms with Crippen LogP contribution in [0.25, 0.3) is 17.0 Å². The molecule has 1 aliphatic rings. The lowest BCUT2D eigenvalue weighted by molar-refractivity contribution is -0.671. The summed E-state index contributed by atoms with van der Waals surface area (Å²) in [6, 6.07) is 15.2. The lowest BCUT2D eigenvalue weighted by Gasteiger charge is -2.25. The number of carboxylic acids is 1. The van der Waals surface area contributed by atoms with E-state index in [9.17, 15) is 19.1 Å². The zero-order valence-corrected chi connectivity index (χ0v) is 24.2. The molecule has 2 aromatic carbocycles. The summed E-state index contributed by atoms with van der Waals surface area (Å²) in [5, 5.41) is 9.92. The van der Waals surface area contributed by atoms with Crippen LogP contribution in [-0.2, 0) is 21.3 Å². The number of likely N-dealkylation sites (N-methyl/N-ethyl adjacent to an activating group) is 1. The van der Waals surface area contributed by atoms with E-state index in [2.05, 4.69) is 66.8 Å². The fourth-order valence-electron chi connectivity index (χ4n) is 5.43. The molecular formula is C32H37N2O5P. The molecule has 1 aliphatic heterocycles. The second-order valence-corrected chi connectivity index (χ2v) is 12.1. The van der Waals surface area contributed by atoms with Crippen LogP contribution in [0.15, 0.2) is 84.7 Å². The third kappa shape index (κ3) is 6.44. The Morgan fingerprint density at radius 2 is 1.85 bits per heavy atom. The van der Waals surface area contributed by atoms with E-state index in [-0.39, 0.29) is 11.7 Å². The molecule has 2 heterocycles. The number of aryl methyl sites for hydroxylation is 1. The van der Waals surface area contributed by atoms with Crippen LogP contribution in [0.4, 0.5) is 5.69 Å². The maximum absolute atomic E-state index is 11.7. The molecule has 1 atom stereocenters. The summed E-state index contributed by atoms with van der Waals surface area (Å²) in [6.45, 7) is 7.76.